The van der Waals surface area contributed by atoms with E-state index in [0.29, 0.717) is 12.1 Å². The van der Waals surface area contributed by atoms with Crippen molar-refractivity contribution in [3.8, 4) is 11.5 Å². The summed E-state index contributed by atoms with van der Waals surface area (Å²) in [5.74, 6) is -7.96. The average Bonchev–Trinajstić information content (AvgIpc) is 3.08. The zero-order valence-corrected chi connectivity index (χ0v) is 31.9. The summed E-state index contributed by atoms with van der Waals surface area (Å²) in [6.07, 6.45) is -11.5. The van der Waals surface area contributed by atoms with Gasteiger partial charge in [-0.3, -0.25) is 9.59 Å². The predicted molar refractivity (Wildman–Crippen MR) is 195 cm³/mol. The molecule has 0 bridgehead atoms. The fourth-order valence-electron chi connectivity index (χ4n) is 5.30. The van der Waals surface area contributed by atoms with Gasteiger partial charge < -0.3 is 24.6 Å². The smallest absolute Gasteiger partial charge is 0.406 e. The van der Waals surface area contributed by atoms with Crippen molar-refractivity contribution in [1.82, 2.24) is 14.8 Å². The fraction of sp³-hybridized carbons (Fsp3) is 0.229. The van der Waals surface area contributed by atoms with E-state index in [9.17, 15) is 66.7 Å². The van der Waals surface area contributed by atoms with Crippen LogP contribution in [-0.4, -0.2) is 65.2 Å². The maximum Gasteiger partial charge on any atom is 0.573 e. The number of likely N-dealkylation sites (N-methyl/N-ethyl adjacent to an activating group) is 2. The van der Waals surface area contributed by atoms with E-state index >= 15 is 0 Å². The second-order valence-electron chi connectivity index (χ2n) is 12.1. The predicted octanol–water partition coefficient (Wildman–Crippen LogP) is 6.14. The van der Waals surface area contributed by atoms with Gasteiger partial charge in [-0.2, -0.15) is 26.6 Å². The molecular weight excluding hydrogens is 857 g/mol. The molecule has 0 aliphatic rings. The zero-order valence-electron chi connectivity index (χ0n) is 30.1. The molecule has 4 amide bonds. The standard InChI is InChI=1S/C35H29F10N5O7S.H2S/c1-49(25-3-7-27(8-4-25)56-34(40,41)42)31(51)29(15-19-11-21(36)17-22(37)12-19)46-33(53)48-58(54,55)47-30(16-20-13-23(38)18-24(39)14-20)32(52)50(2)26-5-9-28(10-6-26)57-35(43,44)45;/h3-14,17-18,29-30,47H,15-16H2,1-2H3,(H2,46,48,53);1H2/t29-,30-;/m0./s1. The number of rotatable bonds is 14. The number of hydrogen-bond acceptors (Lipinski definition) is 7. The lowest BCUT2D eigenvalue weighted by Gasteiger charge is -2.26. The van der Waals surface area contributed by atoms with Crippen molar-refractivity contribution in [2.24, 2.45) is 0 Å². The normalized spacial score (nSPS) is 12.7. The van der Waals surface area contributed by atoms with Crippen LogP contribution in [0.25, 0.3) is 0 Å². The highest BCUT2D eigenvalue weighted by Gasteiger charge is 2.34. The van der Waals surface area contributed by atoms with Crippen LogP contribution in [0.4, 0.5) is 60.1 Å². The topological polar surface area (TPSA) is 146 Å². The van der Waals surface area contributed by atoms with Gasteiger partial charge in [-0.1, -0.05) is 0 Å². The number of amides is 4. The molecule has 0 fully saturated rings. The van der Waals surface area contributed by atoms with E-state index in [-0.39, 0.29) is 36.0 Å². The number of carbonyl (C=O) groups is 3. The first-order valence-corrected chi connectivity index (χ1v) is 17.6. The van der Waals surface area contributed by atoms with Gasteiger partial charge in [0.2, 0.25) is 11.8 Å². The van der Waals surface area contributed by atoms with E-state index in [4.69, 9.17) is 0 Å². The molecule has 320 valence electrons. The molecule has 0 aromatic heterocycles. The van der Waals surface area contributed by atoms with E-state index in [1.54, 1.807) is 0 Å². The maximum atomic E-state index is 14.0. The summed E-state index contributed by atoms with van der Waals surface area (Å²) in [6.45, 7) is 0. The zero-order chi connectivity index (χ0) is 43.2. The maximum absolute atomic E-state index is 14.0. The van der Waals surface area contributed by atoms with Crippen molar-refractivity contribution in [3.05, 3.63) is 119 Å². The van der Waals surface area contributed by atoms with Crippen LogP contribution in [0.15, 0.2) is 84.9 Å². The molecule has 0 aliphatic heterocycles. The van der Waals surface area contributed by atoms with Crippen molar-refractivity contribution in [2.75, 3.05) is 23.9 Å². The van der Waals surface area contributed by atoms with Gasteiger partial charge >= 0.3 is 29.0 Å². The number of halogens is 10. The van der Waals surface area contributed by atoms with Crippen LogP contribution < -0.4 is 34.0 Å². The van der Waals surface area contributed by atoms with Crippen LogP contribution in [0.3, 0.4) is 0 Å². The Bertz CT molecular complexity index is 2190. The van der Waals surface area contributed by atoms with Crippen LogP contribution in [-0.2, 0) is 32.6 Å². The fourth-order valence-corrected chi connectivity index (χ4v) is 6.22. The van der Waals surface area contributed by atoms with Crippen molar-refractivity contribution in [2.45, 2.75) is 37.7 Å². The van der Waals surface area contributed by atoms with Crippen LogP contribution in [0.2, 0.25) is 0 Å². The van der Waals surface area contributed by atoms with E-state index in [1.165, 1.54) is 4.72 Å². The van der Waals surface area contributed by atoms with Gasteiger partial charge in [-0.15, -0.1) is 26.3 Å². The lowest BCUT2D eigenvalue weighted by Crippen LogP contribution is -2.57. The number of ether oxygens (including phenoxy) is 2. The van der Waals surface area contributed by atoms with E-state index in [0.717, 1.165) is 96.7 Å². The molecule has 12 nitrogen and oxygen atoms in total. The molecular formula is C35H31F10N5O7S2. The number of urea groups is 1. The molecule has 3 N–H and O–H groups in total. The van der Waals surface area contributed by atoms with E-state index in [1.807, 2.05) is 10.0 Å². The van der Waals surface area contributed by atoms with E-state index in [2.05, 4.69) is 9.47 Å². The minimum Gasteiger partial charge on any atom is -0.406 e. The second-order valence-corrected chi connectivity index (χ2v) is 13.6. The van der Waals surface area contributed by atoms with Crippen molar-refractivity contribution in [1.29, 1.82) is 0 Å². The molecule has 2 atom stereocenters. The van der Waals surface area contributed by atoms with Crippen molar-refractivity contribution >= 4 is 52.9 Å². The lowest BCUT2D eigenvalue weighted by molar-refractivity contribution is -0.275. The Hall–Kier alpha value is -5.75. The first-order chi connectivity index (χ1) is 26.9. The number of benzene rings is 4. The Balaban J connectivity index is 0.00000930. The number of anilines is 2. The van der Waals surface area contributed by atoms with Gasteiger partial charge in [-0.25, -0.2) is 27.1 Å². The SMILES string of the molecule is CN(C(=O)[C@H](Cc1cc(F)cc(F)c1)NC(=O)NS(=O)(=O)N[C@@H](Cc1cc(F)cc(F)c1)C(=O)N(C)c1ccc(OC(F)(F)F)cc1)c1ccc(OC(F)(F)F)cc1.S. The lowest BCUT2D eigenvalue weighted by atomic mass is 10.0. The molecule has 24 heteroatoms. The number of nitrogens with zero attached hydrogens (tertiary/aromatic N) is 2. The minimum atomic E-state index is -5.20. The van der Waals surface area contributed by atoms with Gasteiger partial charge in [0.05, 0.1) is 0 Å². The summed E-state index contributed by atoms with van der Waals surface area (Å²) < 4.78 is 169. The van der Waals surface area contributed by atoms with Crippen molar-refractivity contribution < 1.29 is 76.2 Å². The van der Waals surface area contributed by atoms with Gasteiger partial charge in [0.1, 0.15) is 46.9 Å². The molecule has 0 saturated carbocycles. The molecule has 0 aliphatic carbocycles. The summed E-state index contributed by atoms with van der Waals surface area (Å²) in [4.78, 5) is 42.0. The third-order valence-electron chi connectivity index (χ3n) is 7.73. The number of nitrogens with one attached hydrogen (secondary N) is 3. The number of carbonyl (C=O) groups excluding carboxylic acids is 3. The van der Waals surface area contributed by atoms with E-state index < -0.39 is 100 Å². The largest absolute Gasteiger partial charge is 0.573 e. The highest BCUT2D eigenvalue weighted by molar-refractivity contribution is 7.88. The Morgan fingerprint density at radius 1 is 0.610 bits per heavy atom. The number of hydrogen-bond donors (Lipinski definition) is 3. The third-order valence-corrected chi connectivity index (χ3v) is 8.78. The average molecular weight is 888 g/mol. The highest BCUT2D eigenvalue weighted by atomic mass is 32.2. The van der Waals surface area contributed by atoms with Gasteiger partial charge in [-0.05, 0) is 90.3 Å². The quantitative estimate of drug-likeness (QED) is 0.129. The Kier molecular flexibility index (Phi) is 15.6. The monoisotopic (exact) mass is 887 g/mol. The Morgan fingerprint density at radius 3 is 1.31 bits per heavy atom. The molecule has 0 heterocycles. The van der Waals surface area contributed by atoms with Crippen LogP contribution in [0, 0.1) is 23.3 Å². The Morgan fingerprint density at radius 2 is 0.949 bits per heavy atom. The van der Waals surface area contributed by atoms with Crippen LogP contribution in [0.1, 0.15) is 11.1 Å². The van der Waals surface area contributed by atoms with Crippen molar-refractivity contribution in [3.63, 3.8) is 0 Å². The highest BCUT2D eigenvalue weighted by Crippen LogP contribution is 2.27. The molecule has 0 spiro atoms. The van der Waals surface area contributed by atoms with Gasteiger partial charge in [0.25, 0.3) is 0 Å². The first-order valence-electron chi connectivity index (χ1n) is 16.1. The van der Waals surface area contributed by atoms with Gasteiger partial charge in [0, 0.05) is 44.0 Å². The summed E-state index contributed by atoms with van der Waals surface area (Å²) in [7, 11) is -3.01. The molecule has 4 aromatic carbocycles. The van der Waals surface area contributed by atoms with Gasteiger partial charge in [0.15, 0.2) is 0 Å². The summed E-state index contributed by atoms with van der Waals surface area (Å²) >= 11 is 0. The molecule has 0 saturated heterocycles. The molecule has 59 heavy (non-hydrogen) atoms. The molecule has 0 unspecified atom stereocenters. The summed E-state index contributed by atoms with van der Waals surface area (Å²) in [5.41, 5.74) is -0.664. The molecule has 4 aromatic rings. The molecule has 4 rings (SSSR count). The number of alkyl halides is 6. The summed E-state index contributed by atoms with van der Waals surface area (Å²) in [6, 6.07) is 6.05. The first kappa shape index (κ1) is 47.6. The summed E-state index contributed by atoms with van der Waals surface area (Å²) in [5, 5.41) is 2.03. The Labute approximate surface area is 335 Å². The molecule has 0 radical (unpaired) electrons. The van der Waals surface area contributed by atoms with Crippen LogP contribution >= 0.6 is 13.5 Å². The second kappa shape index (κ2) is 19.3. The minimum absolute atomic E-state index is 0. The third kappa shape index (κ3) is 14.9. The van der Waals surface area contributed by atoms with Crippen LogP contribution in [0.5, 0.6) is 11.5 Å².